The Morgan fingerprint density at radius 3 is 1.00 bits per heavy atom. The standard InChI is InChI=1S/C30H48N6O3/c1-19-10-22(16-28(4,5)13-19)34-37-25-31-26(38-35-23-11-20(2)14-29(6,7)17-23)33-27(32-25)39-36-24-12-21(3)15-30(8,9)18-24/h19-21H,10-18H2,1-9H3. The first-order valence-corrected chi connectivity index (χ1v) is 14.6. The van der Waals surface area contributed by atoms with Crippen molar-refractivity contribution < 1.29 is 14.5 Å². The van der Waals surface area contributed by atoms with E-state index in [1.807, 2.05) is 0 Å². The monoisotopic (exact) mass is 540 g/mol. The fraction of sp³-hybridized carbons (Fsp3) is 0.800. The van der Waals surface area contributed by atoms with Crippen LogP contribution >= 0.6 is 0 Å². The average Bonchev–Trinajstić information content (AvgIpc) is 2.76. The van der Waals surface area contributed by atoms with Crippen molar-refractivity contribution in [1.29, 1.82) is 0 Å². The van der Waals surface area contributed by atoms with Gasteiger partial charge in [0.15, 0.2) is 0 Å². The molecular formula is C30H48N6O3. The van der Waals surface area contributed by atoms with Crippen molar-refractivity contribution >= 4 is 17.1 Å². The topological polar surface area (TPSA) is 103 Å². The molecule has 1 aromatic heterocycles. The third-order valence-corrected chi connectivity index (χ3v) is 7.85. The highest BCUT2D eigenvalue weighted by atomic mass is 16.7. The van der Waals surface area contributed by atoms with Gasteiger partial charge in [-0.1, -0.05) is 77.8 Å². The minimum atomic E-state index is 0.00798. The van der Waals surface area contributed by atoms with E-state index in [0.29, 0.717) is 17.8 Å². The fourth-order valence-electron chi connectivity index (χ4n) is 7.31. The summed E-state index contributed by atoms with van der Waals surface area (Å²) in [6, 6.07) is 0.0239. The highest BCUT2D eigenvalue weighted by molar-refractivity contribution is 5.86. The summed E-state index contributed by atoms with van der Waals surface area (Å²) in [7, 11) is 0. The molecule has 0 radical (unpaired) electrons. The Morgan fingerprint density at radius 1 is 0.513 bits per heavy atom. The van der Waals surface area contributed by atoms with Crippen LogP contribution in [-0.4, -0.2) is 32.1 Å². The summed E-state index contributed by atoms with van der Waals surface area (Å²) in [5.41, 5.74) is 3.56. The first-order chi connectivity index (χ1) is 18.2. The van der Waals surface area contributed by atoms with Gasteiger partial charge in [0.1, 0.15) is 0 Å². The van der Waals surface area contributed by atoms with E-state index in [4.69, 9.17) is 14.5 Å². The second-order valence-electron chi connectivity index (χ2n) is 15.0. The third kappa shape index (κ3) is 8.97. The highest BCUT2D eigenvalue weighted by Gasteiger charge is 2.32. The molecule has 0 aliphatic heterocycles. The van der Waals surface area contributed by atoms with Crippen LogP contribution < -0.4 is 14.5 Å². The van der Waals surface area contributed by atoms with E-state index in [9.17, 15) is 0 Å². The lowest BCUT2D eigenvalue weighted by molar-refractivity contribution is 0.227. The van der Waals surface area contributed by atoms with Gasteiger partial charge in [0.2, 0.25) is 0 Å². The first-order valence-electron chi connectivity index (χ1n) is 14.6. The van der Waals surface area contributed by atoms with Crippen molar-refractivity contribution in [3.63, 3.8) is 0 Å². The van der Waals surface area contributed by atoms with Crippen molar-refractivity contribution in [3.05, 3.63) is 0 Å². The van der Waals surface area contributed by atoms with Gasteiger partial charge in [-0.15, -0.1) is 15.0 Å². The van der Waals surface area contributed by atoms with Gasteiger partial charge in [0.05, 0.1) is 17.1 Å². The van der Waals surface area contributed by atoms with Crippen LogP contribution in [0.3, 0.4) is 0 Å². The molecule has 0 N–H and O–H groups in total. The Hall–Kier alpha value is -2.58. The van der Waals surface area contributed by atoms with Crippen molar-refractivity contribution in [2.45, 2.75) is 120 Å². The first kappa shape index (κ1) is 29.4. The van der Waals surface area contributed by atoms with Crippen molar-refractivity contribution in [1.82, 2.24) is 15.0 Å². The quantitative estimate of drug-likeness (QED) is 0.344. The molecule has 9 nitrogen and oxygen atoms in total. The van der Waals surface area contributed by atoms with E-state index in [1.165, 1.54) is 19.3 Å². The lowest BCUT2D eigenvalue weighted by Crippen LogP contribution is -2.28. The van der Waals surface area contributed by atoms with Gasteiger partial charge in [0, 0.05) is 0 Å². The van der Waals surface area contributed by atoms with Gasteiger partial charge in [-0.2, -0.15) is 0 Å². The van der Waals surface area contributed by atoms with Gasteiger partial charge in [-0.25, -0.2) is 0 Å². The Kier molecular flexibility index (Phi) is 8.67. The van der Waals surface area contributed by atoms with E-state index in [1.54, 1.807) is 0 Å². The van der Waals surface area contributed by atoms with Crippen molar-refractivity contribution in [3.8, 4) is 18.0 Å². The maximum atomic E-state index is 5.72. The number of nitrogens with zero attached hydrogens (tertiary/aromatic N) is 6. The van der Waals surface area contributed by atoms with E-state index in [2.05, 4.69) is 92.7 Å². The van der Waals surface area contributed by atoms with E-state index >= 15 is 0 Å². The van der Waals surface area contributed by atoms with Gasteiger partial charge in [-0.3, -0.25) is 0 Å². The number of hydrogen-bond acceptors (Lipinski definition) is 9. The van der Waals surface area contributed by atoms with Crippen LogP contribution in [-0.2, 0) is 0 Å². The van der Waals surface area contributed by atoms with E-state index in [0.717, 1.165) is 55.7 Å². The van der Waals surface area contributed by atoms with E-state index < -0.39 is 0 Å². The minimum absolute atomic E-state index is 0.00798. The molecule has 39 heavy (non-hydrogen) atoms. The largest absolute Gasteiger partial charge is 0.355 e. The molecule has 3 aliphatic rings. The van der Waals surface area contributed by atoms with Crippen LogP contribution in [0.15, 0.2) is 15.5 Å². The summed E-state index contributed by atoms with van der Waals surface area (Å²) in [5.74, 6) is 1.63. The second-order valence-corrected chi connectivity index (χ2v) is 15.0. The number of rotatable bonds is 6. The molecule has 0 saturated heterocycles. The lowest BCUT2D eigenvalue weighted by Gasteiger charge is -2.34. The third-order valence-electron chi connectivity index (χ3n) is 7.85. The highest BCUT2D eigenvalue weighted by Crippen LogP contribution is 2.39. The van der Waals surface area contributed by atoms with Gasteiger partial charge < -0.3 is 14.5 Å². The Morgan fingerprint density at radius 2 is 0.769 bits per heavy atom. The van der Waals surface area contributed by atoms with Gasteiger partial charge >= 0.3 is 18.0 Å². The zero-order valence-corrected chi connectivity index (χ0v) is 25.5. The Balaban J connectivity index is 1.56. The second kappa shape index (κ2) is 11.5. The molecule has 0 spiro atoms. The van der Waals surface area contributed by atoms with Crippen LogP contribution in [0, 0.1) is 34.0 Å². The summed E-state index contributed by atoms with van der Waals surface area (Å²) >= 11 is 0. The molecule has 3 unspecified atom stereocenters. The Bertz CT molecular complexity index is 973. The van der Waals surface area contributed by atoms with Crippen LogP contribution in [0.1, 0.15) is 120 Å². The zero-order valence-electron chi connectivity index (χ0n) is 25.5. The molecule has 3 aliphatic carbocycles. The normalized spacial score (nSPS) is 31.3. The molecule has 0 bridgehead atoms. The summed E-state index contributed by atoms with van der Waals surface area (Å²) in [4.78, 5) is 30.2. The minimum Gasteiger partial charge on any atom is -0.315 e. The molecule has 0 aromatic carbocycles. The number of aromatic nitrogens is 3. The van der Waals surface area contributed by atoms with Crippen LogP contribution in [0.25, 0.3) is 0 Å². The number of hydrogen-bond donors (Lipinski definition) is 0. The lowest BCUT2D eigenvalue weighted by atomic mass is 9.72. The summed E-state index contributed by atoms with van der Waals surface area (Å²) < 4.78 is 0. The fourth-order valence-corrected chi connectivity index (χ4v) is 7.31. The summed E-state index contributed by atoms with van der Waals surface area (Å²) in [6.07, 6.45) is 8.80. The predicted molar refractivity (Wildman–Crippen MR) is 154 cm³/mol. The summed E-state index contributed by atoms with van der Waals surface area (Å²) in [5, 5.41) is 13.3. The molecule has 3 fully saturated rings. The maximum absolute atomic E-state index is 5.72. The van der Waals surface area contributed by atoms with Crippen LogP contribution in [0.2, 0.25) is 0 Å². The molecular weight excluding hydrogens is 492 g/mol. The molecule has 1 aromatic rings. The predicted octanol–water partition coefficient (Wildman–Crippen LogP) is 7.61. The molecule has 216 valence electrons. The van der Waals surface area contributed by atoms with Gasteiger partial charge in [-0.05, 0) is 91.8 Å². The van der Waals surface area contributed by atoms with Gasteiger partial charge in [0.25, 0.3) is 0 Å². The molecule has 9 heteroatoms. The maximum Gasteiger partial charge on any atom is 0.355 e. The van der Waals surface area contributed by atoms with Crippen LogP contribution in [0.5, 0.6) is 18.0 Å². The molecule has 0 amide bonds. The Labute approximate surface area is 234 Å². The number of oxime groups is 3. The van der Waals surface area contributed by atoms with Crippen molar-refractivity contribution in [2.75, 3.05) is 0 Å². The molecule has 1 heterocycles. The van der Waals surface area contributed by atoms with Crippen LogP contribution in [0.4, 0.5) is 0 Å². The van der Waals surface area contributed by atoms with E-state index in [-0.39, 0.29) is 34.3 Å². The zero-order chi connectivity index (χ0) is 28.4. The molecule has 3 atom stereocenters. The average molecular weight is 541 g/mol. The van der Waals surface area contributed by atoms with Crippen molar-refractivity contribution in [2.24, 2.45) is 49.5 Å². The molecule has 3 saturated carbocycles. The SMILES string of the molecule is CC1CC(=NOc2nc(ON=C3CC(C)CC(C)(C)C3)nc(ON=C3CC(C)CC(C)(C)C3)n2)CC(C)(C)C1. The molecule has 4 rings (SSSR count). The summed E-state index contributed by atoms with van der Waals surface area (Å²) in [6.45, 7) is 20.3. The smallest absolute Gasteiger partial charge is 0.315 e.